The number of carbonyl (C=O) groups is 1. The van der Waals surface area contributed by atoms with E-state index in [-0.39, 0.29) is 5.91 Å². The minimum atomic E-state index is 0.0972. The van der Waals surface area contributed by atoms with Crippen LogP contribution in [0.25, 0.3) is 5.57 Å². The van der Waals surface area contributed by atoms with Gasteiger partial charge in [-0.1, -0.05) is 42.6 Å². The number of thioether (sulfide) groups is 1. The number of nitrogens with zero attached hydrogens (tertiary/aromatic N) is 1. The molecule has 0 N–H and O–H groups in total. The summed E-state index contributed by atoms with van der Waals surface area (Å²) in [6.07, 6.45) is 11.9. The highest BCUT2D eigenvalue weighted by Crippen LogP contribution is 2.49. The lowest BCUT2D eigenvalue weighted by atomic mass is 9.94. The van der Waals surface area contributed by atoms with Gasteiger partial charge in [0.15, 0.2) is 0 Å². The van der Waals surface area contributed by atoms with Gasteiger partial charge in [0.1, 0.15) is 15.8 Å². The van der Waals surface area contributed by atoms with Gasteiger partial charge in [-0.25, -0.2) is 0 Å². The standard InChI is InChI=1S/C24H25NO3S2/c1-27-19-11-18(12-20(13-19)28-2)16-5-3-15(7-16)10-22-23(26)25(24(29)30-22)21-9-14-4-6-17(21)8-14/h3,5,10-14,17,21H,4,6-9H2,1-2H3/b22-10-. The van der Waals surface area contributed by atoms with Crippen LogP contribution in [0.5, 0.6) is 11.5 Å². The monoisotopic (exact) mass is 439 g/mol. The molecule has 0 aromatic heterocycles. The summed E-state index contributed by atoms with van der Waals surface area (Å²) in [5, 5.41) is 0. The maximum atomic E-state index is 13.2. The molecule has 1 saturated heterocycles. The quantitative estimate of drug-likeness (QED) is 0.457. The van der Waals surface area contributed by atoms with Crippen molar-refractivity contribution in [1.29, 1.82) is 0 Å². The second-order valence-corrected chi connectivity index (χ2v) is 10.2. The molecule has 3 unspecified atom stereocenters. The molecule has 1 aromatic carbocycles. The highest BCUT2D eigenvalue weighted by Gasteiger charge is 2.47. The summed E-state index contributed by atoms with van der Waals surface area (Å²) in [4.78, 5) is 15.8. The van der Waals surface area contributed by atoms with Crippen LogP contribution in [0, 0.1) is 11.8 Å². The Bertz CT molecular complexity index is 987. The number of allylic oxidation sites excluding steroid dienone is 5. The predicted octanol–water partition coefficient (Wildman–Crippen LogP) is 5.35. The summed E-state index contributed by atoms with van der Waals surface area (Å²) >= 11 is 7.07. The van der Waals surface area contributed by atoms with E-state index in [0.29, 0.717) is 12.0 Å². The number of carbonyl (C=O) groups excluding carboxylic acids is 1. The zero-order valence-electron chi connectivity index (χ0n) is 17.2. The number of thiocarbonyl (C=S) groups is 1. The van der Waals surface area contributed by atoms with Crippen molar-refractivity contribution in [3.8, 4) is 11.5 Å². The molecule has 5 rings (SSSR count). The normalized spacial score (nSPS) is 29.1. The molecule has 4 nitrogen and oxygen atoms in total. The Labute approximate surface area is 187 Å². The van der Waals surface area contributed by atoms with Crippen molar-refractivity contribution in [1.82, 2.24) is 4.90 Å². The van der Waals surface area contributed by atoms with Crippen LogP contribution in [0.2, 0.25) is 0 Å². The molecule has 4 aliphatic rings. The summed E-state index contributed by atoms with van der Waals surface area (Å²) < 4.78 is 11.5. The van der Waals surface area contributed by atoms with Gasteiger partial charge in [-0.2, -0.15) is 0 Å². The number of fused-ring (bicyclic) bond motifs is 2. The van der Waals surface area contributed by atoms with E-state index < -0.39 is 0 Å². The molecule has 2 saturated carbocycles. The molecule has 3 atom stereocenters. The fraction of sp³-hybridized carbons (Fsp3) is 0.417. The highest BCUT2D eigenvalue weighted by atomic mass is 32.2. The first-order valence-corrected chi connectivity index (χ1v) is 11.7. The van der Waals surface area contributed by atoms with Gasteiger partial charge in [0, 0.05) is 12.1 Å². The van der Waals surface area contributed by atoms with Gasteiger partial charge in [0.25, 0.3) is 5.91 Å². The van der Waals surface area contributed by atoms with E-state index in [0.717, 1.165) is 50.6 Å². The number of rotatable bonds is 5. The Balaban J connectivity index is 1.30. The van der Waals surface area contributed by atoms with E-state index >= 15 is 0 Å². The van der Waals surface area contributed by atoms with Crippen molar-refractivity contribution in [2.24, 2.45) is 11.8 Å². The molecular weight excluding hydrogens is 414 g/mol. The van der Waals surface area contributed by atoms with Crippen molar-refractivity contribution in [3.05, 3.63) is 52.5 Å². The average molecular weight is 440 g/mol. The summed E-state index contributed by atoms with van der Waals surface area (Å²) in [5.41, 5.74) is 3.38. The Morgan fingerprint density at radius 3 is 2.50 bits per heavy atom. The molecular formula is C24H25NO3S2. The highest BCUT2D eigenvalue weighted by molar-refractivity contribution is 8.26. The number of hydrogen-bond donors (Lipinski definition) is 0. The first-order valence-electron chi connectivity index (χ1n) is 10.5. The molecule has 3 aliphatic carbocycles. The maximum absolute atomic E-state index is 13.2. The SMILES string of the molecule is COc1cc(OC)cc(C2=CC=C(/C=C3\SC(=S)N(C4CC5CCC4C5)C3=O)C2)c1. The van der Waals surface area contributed by atoms with Gasteiger partial charge in [0.2, 0.25) is 0 Å². The van der Waals surface area contributed by atoms with E-state index in [1.807, 2.05) is 29.2 Å². The predicted molar refractivity (Wildman–Crippen MR) is 125 cm³/mol. The molecule has 1 aromatic rings. The number of ether oxygens (including phenoxy) is 2. The first kappa shape index (κ1) is 19.9. The second kappa shape index (κ2) is 7.89. The van der Waals surface area contributed by atoms with E-state index in [4.69, 9.17) is 21.7 Å². The summed E-state index contributed by atoms with van der Waals surface area (Å²) in [5.74, 6) is 3.06. The number of benzene rings is 1. The molecule has 156 valence electrons. The summed E-state index contributed by atoms with van der Waals surface area (Å²) in [6.45, 7) is 0. The van der Waals surface area contributed by atoms with Crippen LogP contribution in [0.1, 0.15) is 37.7 Å². The first-order chi connectivity index (χ1) is 14.6. The Hall–Kier alpha value is -2.05. The van der Waals surface area contributed by atoms with Gasteiger partial charge in [0.05, 0.1) is 19.1 Å². The number of methoxy groups -OCH3 is 2. The molecule has 0 radical (unpaired) electrons. The van der Waals surface area contributed by atoms with Crippen LogP contribution in [0.4, 0.5) is 0 Å². The fourth-order valence-corrected chi connectivity index (χ4v) is 6.69. The smallest absolute Gasteiger partial charge is 0.266 e. The molecule has 6 heteroatoms. The van der Waals surface area contributed by atoms with Crippen LogP contribution < -0.4 is 9.47 Å². The van der Waals surface area contributed by atoms with Gasteiger partial charge in [-0.3, -0.25) is 9.69 Å². The van der Waals surface area contributed by atoms with Gasteiger partial charge in [-0.05, 0) is 72.4 Å². The molecule has 1 amide bonds. The van der Waals surface area contributed by atoms with E-state index in [1.165, 1.54) is 36.6 Å². The van der Waals surface area contributed by atoms with Gasteiger partial charge < -0.3 is 9.47 Å². The largest absolute Gasteiger partial charge is 0.497 e. The van der Waals surface area contributed by atoms with Crippen LogP contribution >= 0.6 is 24.0 Å². The van der Waals surface area contributed by atoms with E-state index in [2.05, 4.69) is 12.2 Å². The van der Waals surface area contributed by atoms with E-state index in [9.17, 15) is 4.79 Å². The molecule has 3 fully saturated rings. The molecule has 1 aliphatic heterocycles. The molecule has 0 spiro atoms. The number of amides is 1. The molecule has 1 heterocycles. The lowest BCUT2D eigenvalue weighted by molar-refractivity contribution is -0.124. The third-order valence-corrected chi connectivity index (χ3v) is 8.12. The van der Waals surface area contributed by atoms with Crippen molar-refractivity contribution < 1.29 is 14.3 Å². The second-order valence-electron chi connectivity index (χ2n) is 8.51. The maximum Gasteiger partial charge on any atom is 0.266 e. The van der Waals surface area contributed by atoms with Crippen LogP contribution in [0.15, 0.2) is 46.9 Å². The van der Waals surface area contributed by atoms with Gasteiger partial charge >= 0.3 is 0 Å². The zero-order chi connectivity index (χ0) is 20.8. The van der Waals surface area contributed by atoms with Crippen molar-refractivity contribution >= 4 is 39.8 Å². The topological polar surface area (TPSA) is 38.8 Å². The third kappa shape index (κ3) is 3.50. The Morgan fingerprint density at radius 1 is 1.10 bits per heavy atom. The van der Waals surface area contributed by atoms with Crippen molar-refractivity contribution in [3.63, 3.8) is 0 Å². The Morgan fingerprint density at radius 2 is 1.87 bits per heavy atom. The lowest BCUT2D eigenvalue weighted by Crippen LogP contribution is -2.41. The van der Waals surface area contributed by atoms with Gasteiger partial charge in [-0.15, -0.1) is 0 Å². The third-order valence-electron chi connectivity index (χ3n) is 6.79. The fourth-order valence-electron chi connectivity index (χ4n) is 5.30. The number of hydrogen-bond acceptors (Lipinski definition) is 5. The van der Waals surface area contributed by atoms with Crippen LogP contribution in [-0.4, -0.2) is 35.4 Å². The minimum Gasteiger partial charge on any atom is -0.497 e. The zero-order valence-corrected chi connectivity index (χ0v) is 18.9. The van der Waals surface area contributed by atoms with Crippen LogP contribution in [-0.2, 0) is 4.79 Å². The van der Waals surface area contributed by atoms with Crippen LogP contribution in [0.3, 0.4) is 0 Å². The van der Waals surface area contributed by atoms with E-state index in [1.54, 1.807) is 14.2 Å². The van der Waals surface area contributed by atoms with Crippen molar-refractivity contribution in [2.45, 2.75) is 38.1 Å². The minimum absolute atomic E-state index is 0.0972. The summed E-state index contributed by atoms with van der Waals surface area (Å²) in [6, 6.07) is 6.21. The Kier molecular flexibility index (Phi) is 5.23. The molecule has 2 bridgehead atoms. The average Bonchev–Trinajstić information content (AvgIpc) is 3.53. The lowest BCUT2D eigenvalue weighted by Gasteiger charge is -2.30. The molecule has 30 heavy (non-hydrogen) atoms. The summed E-state index contributed by atoms with van der Waals surface area (Å²) in [7, 11) is 3.31. The van der Waals surface area contributed by atoms with Crippen molar-refractivity contribution in [2.75, 3.05) is 14.2 Å².